The average molecular weight is 660 g/mol. The zero-order valence-corrected chi connectivity index (χ0v) is 26.7. The molecule has 5 N–H and O–H groups in total. The number of nitrogens with zero attached hydrogens (tertiary/aromatic N) is 4. The molecule has 1 saturated heterocycles. The maximum absolute atomic E-state index is 16.3. The third-order valence-electron chi connectivity index (χ3n) is 8.67. The number of ether oxygens (including phenoxy) is 2. The number of carbonyl (C=O) groups is 1. The van der Waals surface area contributed by atoms with E-state index >= 15 is 4.39 Å². The highest BCUT2D eigenvalue weighted by Gasteiger charge is 2.59. The number of nitrogens with two attached hydrogens (primary N) is 1. The van der Waals surface area contributed by atoms with Gasteiger partial charge >= 0.3 is 13.7 Å². The molecule has 1 saturated carbocycles. The van der Waals surface area contributed by atoms with Crippen LogP contribution < -0.4 is 20.7 Å². The fraction of sp³-hybridized carbons (Fsp3) is 0.533. The zero-order chi connectivity index (χ0) is 32.6. The van der Waals surface area contributed by atoms with Gasteiger partial charge in [-0.25, -0.2) is 13.9 Å². The molecule has 46 heavy (non-hydrogen) atoms. The SMILES string of the molecule is COC(=O)[C@H](C)N[P@](=O)(OC[C@H]1O[C@@H](N2C=NC3C(=NC4CCCC4)NC(N)=NC32)[C@](C)(F)[C@@H]1O)Oc1cccc2ccccc12. The molecule has 3 aliphatic heterocycles. The summed E-state index contributed by atoms with van der Waals surface area (Å²) < 4.78 is 52.9. The maximum Gasteiger partial charge on any atom is 0.459 e. The molecule has 3 heterocycles. The number of alkyl halides is 1. The standard InChI is InChI=1S/C30H39FN7O7P/c1-17(27(40)42-3)37-46(41,45-21-14-8-10-18-9-4-7-13-20(18)21)43-15-22-24(39)30(2,31)28(44-22)38-16-33-23-25(34-19-11-5-6-12-19)35-29(32)36-26(23)38/h4,7-10,13-14,16-17,19,22-24,26,28,39H,5-6,11-12,15H2,1-3H3,(H,37,41)(H3,32,34,35,36)/t17-,22+,23?,24+,26?,28+,30+,46-/m0/s1. The van der Waals surface area contributed by atoms with Crippen molar-refractivity contribution < 1.29 is 37.4 Å². The molecule has 16 heteroatoms. The lowest BCUT2D eigenvalue weighted by Crippen LogP contribution is -2.58. The number of esters is 1. The van der Waals surface area contributed by atoms with E-state index in [-0.39, 0.29) is 17.8 Å². The molecule has 0 bridgehead atoms. The van der Waals surface area contributed by atoms with Crippen LogP contribution in [0.4, 0.5) is 4.39 Å². The van der Waals surface area contributed by atoms with Crippen molar-refractivity contribution in [3.8, 4) is 5.75 Å². The molecule has 0 aromatic heterocycles. The third kappa shape index (κ3) is 6.34. The number of halogens is 1. The van der Waals surface area contributed by atoms with Gasteiger partial charge in [0.15, 0.2) is 24.0 Å². The number of nitrogens with one attached hydrogen (secondary N) is 2. The summed E-state index contributed by atoms with van der Waals surface area (Å²) in [5, 5.41) is 18.2. The lowest BCUT2D eigenvalue weighted by Gasteiger charge is -2.36. The van der Waals surface area contributed by atoms with Gasteiger partial charge in [0.25, 0.3) is 0 Å². The van der Waals surface area contributed by atoms with Crippen LogP contribution in [-0.2, 0) is 23.4 Å². The molecular weight excluding hydrogens is 620 g/mol. The second-order valence-electron chi connectivity index (χ2n) is 12.0. The van der Waals surface area contributed by atoms with Crippen molar-refractivity contribution in [1.82, 2.24) is 15.3 Å². The molecular formula is C30H39FN7O7P. The average Bonchev–Trinajstić information content (AvgIpc) is 3.75. The Bertz CT molecular complexity index is 1590. The van der Waals surface area contributed by atoms with E-state index in [0.717, 1.165) is 31.1 Å². The number of benzene rings is 2. The first-order valence-corrected chi connectivity index (χ1v) is 16.8. The smallest absolute Gasteiger partial charge is 0.459 e. The van der Waals surface area contributed by atoms with E-state index in [1.54, 1.807) is 24.3 Å². The summed E-state index contributed by atoms with van der Waals surface area (Å²) in [6, 6.07) is 11.0. The minimum atomic E-state index is -4.36. The highest BCUT2D eigenvalue weighted by atomic mass is 31.2. The van der Waals surface area contributed by atoms with Gasteiger partial charge in [0, 0.05) is 5.39 Å². The first-order valence-electron chi connectivity index (χ1n) is 15.3. The van der Waals surface area contributed by atoms with Crippen LogP contribution in [0.2, 0.25) is 0 Å². The molecule has 0 amide bonds. The van der Waals surface area contributed by atoms with E-state index in [0.29, 0.717) is 11.2 Å². The van der Waals surface area contributed by atoms with Crippen LogP contribution in [0.15, 0.2) is 57.4 Å². The molecule has 2 unspecified atom stereocenters. The predicted molar refractivity (Wildman–Crippen MR) is 169 cm³/mol. The van der Waals surface area contributed by atoms with Crippen molar-refractivity contribution in [2.75, 3.05) is 13.7 Å². The van der Waals surface area contributed by atoms with Gasteiger partial charge in [0.1, 0.15) is 35.9 Å². The number of methoxy groups -OCH3 is 1. The molecule has 0 radical (unpaired) electrons. The van der Waals surface area contributed by atoms with Crippen LogP contribution in [0.25, 0.3) is 10.8 Å². The number of aliphatic imine (C=N–C) groups is 3. The van der Waals surface area contributed by atoms with Crippen LogP contribution >= 0.6 is 7.75 Å². The number of aliphatic hydroxyl groups is 1. The number of hydrogen-bond acceptors (Lipinski definition) is 12. The predicted octanol–water partition coefficient (Wildman–Crippen LogP) is 2.61. The second kappa shape index (κ2) is 12.9. The molecule has 2 fully saturated rings. The fourth-order valence-electron chi connectivity index (χ4n) is 6.23. The Morgan fingerprint density at radius 1 is 1.30 bits per heavy atom. The molecule has 8 atom stereocenters. The molecule has 14 nitrogen and oxygen atoms in total. The lowest BCUT2D eigenvalue weighted by atomic mass is 9.97. The van der Waals surface area contributed by atoms with Gasteiger partial charge in [-0.3, -0.25) is 19.3 Å². The number of amidine groups is 1. The number of guanidine groups is 1. The second-order valence-corrected chi connectivity index (χ2v) is 13.7. The van der Waals surface area contributed by atoms with Crippen LogP contribution in [0.5, 0.6) is 5.75 Å². The Labute approximate surface area is 265 Å². The van der Waals surface area contributed by atoms with E-state index < -0.39 is 62.7 Å². The summed E-state index contributed by atoms with van der Waals surface area (Å²) in [5.74, 6) is 0.187. The van der Waals surface area contributed by atoms with Gasteiger partial charge < -0.3 is 35.1 Å². The van der Waals surface area contributed by atoms with E-state index in [9.17, 15) is 14.5 Å². The minimum Gasteiger partial charge on any atom is -0.468 e. The monoisotopic (exact) mass is 659 g/mol. The Balaban J connectivity index is 1.21. The first-order chi connectivity index (χ1) is 22.0. The van der Waals surface area contributed by atoms with Gasteiger partial charge in [-0.1, -0.05) is 49.2 Å². The van der Waals surface area contributed by atoms with Crippen LogP contribution in [0.3, 0.4) is 0 Å². The number of rotatable bonds is 10. The summed E-state index contributed by atoms with van der Waals surface area (Å²) in [4.78, 5) is 27.5. The fourth-order valence-corrected chi connectivity index (χ4v) is 7.75. The Morgan fingerprint density at radius 2 is 2.04 bits per heavy atom. The topological polar surface area (TPSA) is 182 Å². The Hall–Kier alpha value is -3.62. The largest absolute Gasteiger partial charge is 0.468 e. The first kappa shape index (κ1) is 32.3. The molecule has 2 aromatic carbocycles. The summed E-state index contributed by atoms with van der Waals surface area (Å²) in [6.07, 6.45) is 0.467. The van der Waals surface area contributed by atoms with Crippen molar-refractivity contribution in [1.29, 1.82) is 0 Å². The normalized spacial score (nSPS) is 32.2. The number of fused-ring (bicyclic) bond motifs is 2. The summed E-state index contributed by atoms with van der Waals surface area (Å²) in [5.41, 5.74) is 3.76. The van der Waals surface area contributed by atoms with Gasteiger partial charge in [-0.05, 0) is 38.1 Å². The van der Waals surface area contributed by atoms with Crippen molar-refractivity contribution in [2.24, 2.45) is 20.7 Å². The molecule has 6 rings (SSSR count). The van der Waals surface area contributed by atoms with Crippen LogP contribution in [-0.4, -0.2) is 96.2 Å². The van der Waals surface area contributed by atoms with Gasteiger partial charge in [0.05, 0.1) is 26.1 Å². The molecule has 0 spiro atoms. The Morgan fingerprint density at radius 3 is 2.80 bits per heavy atom. The van der Waals surface area contributed by atoms with Crippen molar-refractivity contribution in [3.05, 3.63) is 42.5 Å². The summed E-state index contributed by atoms with van der Waals surface area (Å²) in [6.45, 7) is 2.08. The Kier molecular flexibility index (Phi) is 9.05. The van der Waals surface area contributed by atoms with Crippen molar-refractivity contribution in [3.63, 3.8) is 0 Å². The van der Waals surface area contributed by atoms with E-state index in [1.807, 2.05) is 18.2 Å². The highest BCUT2D eigenvalue weighted by molar-refractivity contribution is 7.52. The highest BCUT2D eigenvalue weighted by Crippen LogP contribution is 2.48. The third-order valence-corrected chi connectivity index (χ3v) is 10.3. The van der Waals surface area contributed by atoms with E-state index in [1.165, 1.54) is 32.2 Å². The van der Waals surface area contributed by atoms with Gasteiger partial charge in [-0.15, -0.1) is 0 Å². The molecule has 2 aromatic rings. The van der Waals surface area contributed by atoms with Gasteiger partial charge in [-0.2, -0.15) is 5.09 Å². The van der Waals surface area contributed by atoms with Crippen LogP contribution in [0, 0.1) is 0 Å². The number of aliphatic hydroxyl groups excluding tert-OH is 1. The molecule has 1 aliphatic carbocycles. The van der Waals surface area contributed by atoms with Crippen LogP contribution in [0.1, 0.15) is 39.5 Å². The van der Waals surface area contributed by atoms with Crippen molar-refractivity contribution in [2.45, 2.75) is 87.9 Å². The summed E-state index contributed by atoms with van der Waals surface area (Å²) >= 11 is 0. The maximum atomic E-state index is 16.3. The molecule has 248 valence electrons. The minimum absolute atomic E-state index is 0.116. The lowest BCUT2D eigenvalue weighted by molar-refractivity contribution is -0.142. The quantitative estimate of drug-likeness (QED) is 0.217. The van der Waals surface area contributed by atoms with E-state index in [2.05, 4.69) is 20.4 Å². The summed E-state index contributed by atoms with van der Waals surface area (Å²) in [7, 11) is -3.16. The molecule has 4 aliphatic rings. The van der Waals surface area contributed by atoms with Crippen molar-refractivity contribution >= 4 is 42.6 Å². The zero-order valence-electron chi connectivity index (χ0n) is 25.8. The number of carbonyl (C=O) groups excluding carboxylic acids is 1. The number of hydrogen-bond donors (Lipinski definition) is 4. The van der Waals surface area contributed by atoms with E-state index in [4.69, 9.17) is 29.2 Å². The van der Waals surface area contributed by atoms with Gasteiger partial charge in [0.2, 0.25) is 0 Å².